The summed E-state index contributed by atoms with van der Waals surface area (Å²) in [5.41, 5.74) is 3.30. The minimum atomic E-state index is -0.281. The van der Waals surface area contributed by atoms with Crippen molar-refractivity contribution in [3.63, 3.8) is 0 Å². The van der Waals surface area contributed by atoms with Crippen LogP contribution in [0.5, 0.6) is 0 Å². The molecule has 0 heterocycles. The van der Waals surface area contributed by atoms with Gasteiger partial charge in [0, 0.05) is 37.9 Å². The van der Waals surface area contributed by atoms with Gasteiger partial charge in [0.2, 0.25) is 11.8 Å². The van der Waals surface area contributed by atoms with E-state index in [0.717, 1.165) is 30.0 Å². The van der Waals surface area contributed by atoms with Gasteiger partial charge in [0.05, 0.1) is 0 Å². The summed E-state index contributed by atoms with van der Waals surface area (Å²) in [6.07, 6.45) is 0.399. The molecular weight excluding hydrogens is 369 g/mol. The Hall–Kier alpha value is -2.89. The van der Waals surface area contributed by atoms with E-state index in [4.69, 9.17) is 0 Å². The van der Waals surface area contributed by atoms with Crippen molar-refractivity contribution < 1.29 is 14.0 Å². The highest BCUT2D eigenvalue weighted by molar-refractivity contribution is 5.98. The van der Waals surface area contributed by atoms with E-state index in [-0.39, 0.29) is 24.2 Å². The van der Waals surface area contributed by atoms with Crippen LogP contribution in [0, 0.1) is 12.7 Å². The number of hydrogen-bond acceptors (Lipinski definition) is 3. The fraction of sp³-hybridized carbons (Fsp3) is 0.391. The Morgan fingerprint density at radius 2 is 1.76 bits per heavy atom. The molecule has 0 aliphatic heterocycles. The molecule has 0 fully saturated rings. The normalized spacial score (nSPS) is 10.5. The fourth-order valence-electron chi connectivity index (χ4n) is 3.33. The lowest BCUT2D eigenvalue weighted by Crippen LogP contribution is -2.40. The van der Waals surface area contributed by atoms with Crippen molar-refractivity contribution in [3.8, 4) is 0 Å². The molecule has 0 aliphatic rings. The van der Waals surface area contributed by atoms with Crippen LogP contribution in [0.4, 0.5) is 15.8 Å². The van der Waals surface area contributed by atoms with Gasteiger partial charge in [-0.1, -0.05) is 18.2 Å². The molecule has 5 nitrogen and oxygen atoms in total. The van der Waals surface area contributed by atoms with Crippen LogP contribution >= 0.6 is 0 Å². The summed E-state index contributed by atoms with van der Waals surface area (Å²) < 4.78 is 13.7. The Bertz CT molecular complexity index is 850. The second kappa shape index (κ2) is 10.6. The standard InChI is InChI=1S/C23H30FN3O2/c1-5-26(6-2)20-11-12-22(17(3)15-20)27(18(4)28)16-23(29)25-14-13-19-9-7-8-10-21(19)24/h7-12,15H,5-6,13-14,16H2,1-4H3,(H,25,29). The molecule has 0 saturated heterocycles. The van der Waals surface area contributed by atoms with Crippen LogP contribution in [0.2, 0.25) is 0 Å². The Morgan fingerprint density at radius 1 is 1.07 bits per heavy atom. The molecule has 1 N–H and O–H groups in total. The van der Waals surface area contributed by atoms with Crippen LogP contribution in [-0.4, -0.2) is 38.0 Å². The summed E-state index contributed by atoms with van der Waals surface area (Å²) in [6, 6.07) is 12.4. The van der Waals surface area contributed by atoms with Gasteiger partial charge >= 0.3 is 0 Å². The summed E-state index contributed by atoms with van der Waals surface area (Å²) in [4.78, 5) is 28.3. The van der Waals surface area contributed by atoms with Gasteiger partial charge < -0.3 is 15.1 Å². The van der Waals surface area contributed by atoms with Crippen LogP contribution in [0.1, 0.15) is 31.9 Å². The molecule has 29 heavy (non-hydrogen) atoms. The van der Waals surface area contributed by atoms with Gasteiger partial charge in [0.1, 0.15) is 12.4 Å². The quantitative estimate of drug-likeness (QED) is 0.700. The number of halogens is 1. The lowest BCUT2D eigenvalue weighted by Gasteiger charge is -2.26. The van der Waals surface area contributed by atoms with Crippen molar-refractivity contribution >= 4 is 23.2 Å². The minimum Gasteiger partial charge on any atom is -0.372 e. The first-order valence-corrected chi connectivity index (χ1v) is 10.0. The zero-order chi connectivity index (χ0) is 21.4. The number of nitrogens with zero attached hydrogens (tertiary/aromatic N) is 2. The van der Waals surface area contributed by atoms with Gasteiger partial charge in [0.15, 0.2) is 0 Å². The molecule has 0 bridgehead atoms. The van der Waals surface area contributed by atoms with E-state index in [0.29, 0.717) is 18.5 Å². The molecule has 6 heteroatoms. The highest BCUT2D eigenvalue weighted by atomic mass is 19.1. The van der Waals surface area contributed by atoms with Crippen LogP contribution in [-0.2, 0) is 16.0 Å². The van der Waals surface area contributed by atoms with Crippen molar-refractivity contribution in [2.24, 2.45) is 0 Å². The van der Waals surface area contributed by atoms with Crippen molar-refractivity contribution in [1.82, 2.24) is 5.32 Å². The maximum Gasteiger partial charge on any atom is 0.240 e. The molecule has 0 unspecified atom stereocenters. The van der Waals surface area contributed by atoms with E-state index in [1.165, 1.54) is 17.9 Å². The second-order valence-corrected chi connectivity index (χ2v) is 6.94. The highest BCUT2D eigenvalue weighted by Gasteiger charge is 2.18. The molecule has 2 amide bonds. The van der Waals surface area contributed by atoms with E-state index >= 15 is 0 Å². The molecule has 0 atom stereocenters. The van der Waals surface area contributed by atoms with Crippen LogP contribution in [0.25, 0.3) is 0 Å². The summed E-state index contributed by atoms with van der Waals surface area (Å²) in [5.74, 6) is -0.757. The minimum absolute atomic E-state index is 0.0714. The lowest BCUT2D eigenvalue weighted by atomic mass is 10.1. The summed E-state index contributed by atoms with van der Waals surface area (Å²) >= 11 is 0. The van der Waals surface area contributed by atoms with Crippen molar-refractivity contribution in [1.29, 1.82) is 0 Å². The van der Waals surface area contributed by atoms with Gasteiger partial charge in [0.25, 0.3) is 0 Å². The maximum atomic E-state index is 13.7. The number of rotatable bonds is 9. The van der Waals surface area contributed by atoms with Gasteiger partial charge in [-0.2, -0.15) is 0 Å². The molecule has 156 valence electrons. The average Bonchev–Trinajstić information content (AvgIpc) is 2.69. The van der Waals surface area contributed by atoms with Gasteiger partial charge in [-0.3, -0.25) is 9.59 Å². The first-order chi connectivity index (χ1) is 13.9. The van der Waals surface area contributed by atoms with Crippen LogP contribution in [0.15, 0.2) is 42.5 Å². The number of carbonyl (C=O) groups is 2. The van der Waals surface area contributed by atoms with E-state index in [1.54, 1.807) is 18.2 Å². The fourth-order valence-corrected chi connectivity index (χ4v) is 3.33. The number of carbonyl (C=O) groups excluding carboxylic acids is 2. The molecule has 0 aromatic heterocycles. The largest absolute Gasteiger partial charge is 0.372 e. The summed E-state index contributed by atoms with van der Waals surface area (Å²) in [6.45, 7) is 9.62. The smallest absolute Gasteiger partial charge is 0.240 e. The van der Waals surface area contributed by atoms with Crippen LogP contribution in [0.3, 0.4) is 0 Å². The highest BCUT2D eigenvalue weighted by Crippen LogP contribution is 2.26. The van der Waals surface area contributed by atoms with Crippen LogP contribution < -0.4 is 15.1 Å². The third kappa shape index (κ3) is 6.04. The maximum absolute atomic E-state index is 13.7. The zero-order valence-electron chi connectivity index (χ0n) is 17.7. The predicted octanol–water partition coefficient (Wildman–Crippen LogP) is 3.69. The van der Waals surface area contributed by atoms with Gasteiger partial charge in [-0.05, 0) is 62.6 Å². The Balaban J connectivity index is 2.03. The number of aryl methyl sites for hydroxylation is 1. The Kier molecular flexibility index (Phi) is 8.19. The monoisotopic (exact) mass is 399 g/mol. The number of anilines is 2. The lowest BCUT2D eigenvalue weighted by molar-refractivity contribution is -0.123. The molecule has 0 spiro atoms. The molecule has 0 radical (unpaired) electrons. The molecule has 2 rings (SSSR count). The number of hydrogen-bond donors (Lipinski definition) is 1. The van der Waals surface area contributed by atoms with E-state index in [1.807, 2.05) is 25.1 Å². The molecule has 0 saturated carbocycles. The SMILES string of the molecule is CCN(CC)c1ccc(N(CC(=O)NCCc2ccccc2F)C(C)=O)c(C)c1. The zero-order valence-corrected chi connectivity index (χ0v) is 17.7. The summed E-state index contributed by atoms with van der Waals surface area (Å²) in [7, 11) is 0. The first kappa shape index (κ1) is 22.4. The Morgan fingerprint density at radius 3 is 2.34 bits per heavy atom. The molecule has 2 aromatic rings. The second-order valence-electron chi connectivity index (χ2n) is 6.94. The van der Waals surface area contributed by atoms with Gasteiger partial charge in [-0.25, -0.2) is 4.39 Å². The predicted molar refractivity (Wildman–Crippen MR) is 116 cm³/mol. The Labute approximate surface area is 172 Å². The summed E-state index contributed by atoms with van der Waals surface area (Å²) in [5, 5.41) is 2.77. The third-order valence-corrected chi connectivity index (χ3v) is 4.96. The topological polar surface area (TPSA) is 52.6 Å². The van der Waals surface area contributed by atoms with Gasteiger partial charge in [-0.15, -0.1) is 0 Å². The first-order valence-electron chi connectivity index (χ1n) is 10.0. The van der Waals surface area contributed by atoms with E-state index in [9.17, 15) is 14.0 Å². The van der Waals surface area contributed by atoms with E-state index < -0.39 is 0 Å². The van der Waals surface area contributed by atoms with Crippen molar-refractivity contribution in [2.75, 3.05) is 36.0 Å². The number of benzene rings is 2. The van der Waals surface area contributed by atoms with E-state index in [2.05, 4.69) is 24.1 Å². The molecule has 2 aromatic carbocycles. The third-order valence-electron chi connectivity index (χ3n) is 4.96. The number of amides is 2. The van der Waals surface area contributed by atoms with Crippen molar-refractivity contribution in [2.45, 2.75) is 34.1 Å². The molecular formula is C23H30FN3O2. The average molecular weight is 400 g/mol. The number of nitrogens with one attached hydrogen (secondary N) is 1. The van der Waals surface area contributed by atoms with Crippen molar-refractivity contribution in [3.05, 3.63) is 59.4 Å². The molecule has 0 aliphatic carbocycles.